The lowest BCUT2D eigenvalue weighted by Crippen LogP contribution is -2.48. The van der Waals surface area contributed by atoms with E-state index in [1.807, 2.05) is 42.5 Å². The molecule has 2 aromatic carbocycles. The monoisotopic (exact) mass is 325 g/mol. The van der Waals surface area contributed by atoms with Crippen LogP contribution in [-0.4, -0.2) is 49.3 Å². The molecule has 126 valence electrons. The normalized spacial score (nSPS) is 21.6. The molecule has 5 heteroatoms. The average molecular weight is 325 g/mol. The van der Waals surface area contributed by atoms with Gasteiger partial charge in [0.15, 0.2) is 0 Å². The van der Waals surface area contributed by atoms with Gasteiger partial charge in [0, 0.05) is 31.1 Å². The van der Waals surface area contributed by atoms with Gasteiger partial charge in [-0.25, -0.2) is 4.79 Å². The molecular formula is C19H23N3O2. The standard InChI is InChI=1S/C19H23N3O2/c23-19(20-12-16-13-22(10-11-24-16)15-8-9-15)21-18-7-3-5-14-4-1-2-6-17(14)18/h1-7,15-16H,8-13H2,(H2,20,21,23). The number of nitrogens with one attached hydrogen (secondary N) is 2. The number of carbonyl (C=O) groups excluding carboxylic acids is 1. The second-order valence-electron chi connectivity index (χ2n) is 6.58. The highest BCUT2D eigenvalue weighted by molar-refractivity contribution is 6.01. The molecule has 0 bridgehead atoms. The van der Waals surface area contributed by atoms with Crippen molar-refractivity contribution in [2.45, 2.75) is 25.0 Å². The fourth-order valence-electron chi connectivity index (χ4n) is 3.34. The third-order valence-corrected chi connectivity index (χ3v) is 4.76. The Kier molecular flexibility index (Phi) is 4.36. The molecule has 1 unspecified atom stereocenters. The van der Waals surface area contributed by atoms with Crippen molar-refractivity contribution >= 4 is 22.5 Å². The minimum absolute atomic E-state index is 0.0811. The Bertz CT molecular complexity index is 724. The van der Waals surface area contributed by atoms with Crippen molar-refractivity contribution in [3.8, 4) is 0 Å². The topological polar surface area (TPSA) is 53.6 Å². The van der Waals surface area contributed by atoms with Crippen LogP contribution in [0.4, 0.5) is 10.5 Å². The van der Waals surface area contributed by atoms with E-state index in [1.54, 1.807) is 0 Å². The van der Waals surface area contributed by atoms with Crippen molar-refractivity contribution < 1.29 is 9.53 Å². The molecule has 0 spiro atoms. The summed E-state index contributed by atoms with van der Waals surface area (Å²) in [7, 11) is 0. The minimum Gasteiger partial charge on any atom is -0.374 e. The molecule has 0 radical (unpaired) electrons. The first-order chi connectivity index (χ1) is 11.8. The lowest BCUT2D eigenvalue weighted by Gasteiger charge is -2.33. The maximum Gasteiger partial charge on any atom is 0.319 e. The van der Waals surface area contributed by atoms with Crippen LogP contribution in [0, 0.1) is 0 Å². The summed E-state index contributed by atoms with van der Waals surface area (Å²) in [5, 5.41) is 8.06. The van der Waals surface area contributed by atoms with Gasteiger partial charge in [0.05, 0.1) is 18.4 Å². The quantitative estimate of drug-likeness (QED) is 0.909. The fourth-order valence-corrected chi connectivity index (χ4v) is 3.34. The molecule has 1 saturated carbocycles. The van der Waals surface area contributed by atoms with Gasteiger partial charge < -0.3 is 15.4 Å². The molecule has 2 fully saturated rings. The summed E-state index contributed by atoms with van der Waals surface area (Å²) in [6, 6.07) is 14.5. The van der Waals surface area contributed by atoms with E-state index in [0.717, 1.165) is 42.2 Å². The Morgan fingerprint density at radius 2 is 2.00 bits per heavy atom. The number of morpholine rings is 1. The molecule has 2 aliphatic rings. The molecule has 1 aliphatic carbocycles. The zero-order chi connectivity index (χ0) is 16.4. The van der Waals surface area contributed by atoms with E-state index in [9.17, 15) is 4.79 Å². The largest absolute Gasteiger partial charge is 0.374 e. The summed E-state index contributed by atoms with van der Waals surface area (Å²) in [6.07, 6.45) is 2.70. The van der Waals surface area contributed by atoms with E-state index in [1.165, 1.54) is 12.8 Å². The van der Waals surface area contributed by atoms with Gasteiger partial charge in [0.25, 0.3) is 0 Å². The Morgan fingerprint density at radius 3 is 2.88 bits per heavy atom. The Hall–Kier alpha value is -2.11. The van der Waals surface area contributed by atoms with Gasteiger partial charge in [0.2, 0.25) is 0 Å². The van der Waals surface area contributed by atoms with Crippen LogP contribution in [0.3, 0.4) is 0 Å². The van der Waals surface area contributed by atoms with Gasteiger partial charge in [-0.1, -0.05) is 36.4 Å². The number of fused-ring (bicyclic) bond motifs is 1. The van der Waals surface area contributed by atoms with Gasteiger partial charge in [-0.2, -0.15) is 0 Å². The third kappa shape index (κ3) is 3.52. The molecule has 2 amide bonds. The van der Waals surface area contributed by atoms with Crippen LogP contribution in [-0.2, 0) is 4.74 Å². The minimum atomic E-state index is -0.182. The highest BCUT2D eigenvalue weighted by atomic mass is 16.5. The number of rotatable bonds is 4. The molecule has 1 saturated heterocycles. The number of urea groups is 1. The number of amides is 2. The predicted molar refractivity (Wildman–Crippen MR) is 95.3 cm³/mol. The van der Waals surface area contributed by atoms with Gasteiger partial charge >= 0.3 is 6.03 Å². The van der Waals surface area contributed by atoms with Crippen molar-refractivity contribution in [1.82, 2.24) is 10.2 Å². The highest BCUT2D eigenvalue weighted by Crippen LogP contribution is 2.28. The van der Waals surface area contributed by atoms with Crippen LogP contribution in [0.15, 0.2) is 42.5 Å². The summed E-state index contributed by atoms with van der Waals surface area (Å²) in [5.74, 6) is 0. The van der Waals surface area contributed by atoms with Crippen molar-refractivity contribution in [3.05, 3.63) is 42.5 Å². The number of nitrogens with zero attached hydrogens (tertiary/aromatic N) is 1. The van der Waals surface area contributed by atoms with Gasteiger partial charge in [-0.3, -0.25) is 4.90 Å². The number of carbonyl (C=O) groups is 1. The van der Waals surface area contributed by atoms with Crippen LogP contribution in [0.5, 0.6) is 0 Å². The lowest BCUT2D eigenvalue weighted by molar-refractivity contribution is -0.0286. The fraction of sp³-hybridized carbons (Fsp3) is 0.421. The van der Waals surface area contributed by atoms with E-state index in [4.69, 9.17) is 4.74 Å². The highest BCUT2D eigenvalue weighted by Gasteiger charge is 2.32. The number of ether oxygens (including phenoxy) is 1. The van der Waals surface area contributed by atoms with E-state index in [-0.39, 0.29) is 12.1 Å². The summed E-state index contributed by atoms with van der Waals surface area (Å²) in [6.45, 7) is 3.23. The van der Waals surface area contributed by atoms with Crippen LogP contribution in [0.25, 0.3) is 10.8 Å². The number of hydrogen-bond donors (Lipinski definition) is 2. The number of benzene rings is 2. The average Bonchev–Trinajstić information content (AvgIpc) is 3.46. The van der Waals surface area contributed by atoms with Gasteiger partial charge in [-0.15, -0.1) is 0 Å². The maximum atomic E-state index is 12.2. The van der Waals surface area contributed by atoms with Gasteiger partial charge in [0.1, 0.15) is 0 Å². The maximum absolute atomic E-state index is 12.2. The van der Waals surface area contributed by atoms with E-state index in [0.29, 0.717) is 6.54 Å². The second-order valence-corrected chi connectivity index (χ2v) is 6.58. The zero-order valence-electron chi connectivity index (χ0n) is 13.7. The summed E-state index contributed by atoms with van der Waals surface area (Å²) in [5.41, 5.74) is 0.828. The number of anilines is 1. The predicted octanol–water partition coefficient (Wildman–Crippen LogP) is 2.82. The molecule has 2 N–H and O–H groups in total. The summed E-state index contributed by atoms with van der Waals surface area (Å²) < 4.78 is 5.77. The van der Waals surface area contributed by atoms with Crippen molar-refractivity contribution in [2.24, 2.45) is 0 Å². The van der Waals surface area contributed by atoms with Crippen molar-refractivity contribution in [1.29, 1.82) is 0 Å². The molecule has 24 heavy (non-hydrogen) atoms. The first-order valence-corrected chi connectivity index (χ1v) is 8.68. The molecule has 1 heterocycles. The molecular weight excluding hydrogens is 302 g/mol. The number of hydrogen-bond acceptors (Lipinski definition) is 3. The summed E-state index contributed by atoms with van der Waals surface area (Å²) >= 11 is 0. The zero-order valence-corrected chi connectivity index (χ0v) is 13.7. The first-order valence-electron chi connectivity index (χ1n) is 8.68. The SMILES string of the molecule is O=C(NCC1CN(C2CC2)CCO1)Nc1cccc2ccccc12. The Morgan fingerprint density at radius 1 is 1.17 bits per heavy atom. The van der Waals surface area contributed by atoms with E-state index < -0.39 is 0 Å². The second kappa shape index (κ2) is 6.79. The lowest BCUT2D eigenvalue weighted by atomic mass is 10.1. The Labute approximate surface area is 142 Å². The van der Waals surface area contributed by atoms with Crippen LogP contribution in [0.2, 0.25) is 0 Å². The van der Waals surface area contributed by atoms with Gasteiger partial charge in [-0.05, 0) is 24.3 Å². The van der Waals surface area contributed by atoms with Crippen LogP contribution in [0.1, 0.15) is 12.8 Å². The molecule has 1 aliphatic heterocycles. The molecule has 5 nitrogen and oxygen atoms in total. The summed E-state index contributed by atoms with van der Waals surface area (Å²) in [4.78, 5) is 14.7. The van der Waals surface area contributed by atoms with Crippen LogP contribution >= 0.6 is 0 Å². The Balaban J connectivity index is 1.33. The van der Waals surface area contributed by atoms with Crippen LogP contribution < -0.4 is 10.6 Å². The van der Waals surface area contributed by atoms with Crippen molar-refractivity contribution in [3.63, 3.8) is 0 Å². The first kappa shape index (κ1) is 15.4. The smallest absolute Gasteiger partial charge is 0.319 e. The van der Waals surface area contributed by atoms with E-state index >= 15 is 0 Å². The third-order valence-electron chi connectivity index (χ3n) is 4.76. The molecule has 0 aromatic heterocycles. The van der Waals surface area contributed by atoms with Crippen molar-refractivity contribution in [2.75, 3.05) is 31.6 Å². The van der Waals surface area contributed by atoms with E-state index in [2.05, 4.69) is 15.5 Å². The molecule has 2 aromatic rings. The molecule has 1 atom stereocenters. The molecule has 4 rings (SSSR count).